The van der Waals surface area contributed by atoms with Crippen molar-refractivity contribution in [2.24, 2.45) is 0 Å². The Bertz CT molecular complexity index is 516. The van der Waals surface area contributed by atoms with Crippen LogP contribution in [-0.4, -0.2) is 9.97 Å². The van der Waals surface area contributed by atoms with E-state index in [0.717, 1.165) is 11.6 Å². The summed E-state index contributed by atoms with van der Waals surface area (Å²) in [6.07, 6.45) is 5.48. The van der Waals surface area contributed by atoms with E-state index in [-0.39, 0.29) is 0 Å². The highest BCUT2D eigenvalue weighted by atomic mass is 15.1. The van der Waals surface area contributed by atoms with Crippen LogP contribution in [0.15, 0.2) is 30.5 Å². The molecular weight excluding hydrogens is 210 g/mol. The van der Waals surface area contributed by atoms with Crippen molar-refractivity contribution in [3.8, 4) is 0 Å². The lowest BCUT2D eigenvalue weighted by molar-refractivity contribution is 0.597. The standard InChI is InChI=1S/C14H17N3/c1-10-9-15-14(16-10)17-13-8-4-6-11-5-2-3-7-12(11)13/h2-3,5,7,9,13H,4,6,8H2,1H3,(H2,15,16,17). The summed E-state index contributed by atoms with van der Waals surface area (Å²) in [5.41, 5.74) is 3.99. The number of rotatable bonds is 2. The van der Waals surface area contributed by atoms with E-state index in [1.54, 1.807) is 0 Å². The Morgan fingerprint density at radius 2 is 2.24 bits per heavy atom. The molecule has 17 heavy (non-hydrogen) atoms. The molecule has 0 aliphatic heterocycles. The summed E-state index contributed by atoms with van der Waals surface area (Å²) in [5.74, 6) is 0.879. The van der Waals surface area contributed by atoms with E-state index in [9.17, 15) is 0 Å². The number of fused-ring (bicyclic) bond motifs is 1. The van der Waals surface area contributed by atoms with E-state index in [2.05, 4.69) is 39.6 Å². The summed E-state index contributed by atoms with van der Waals surface area (Å²) >= 11 is 0. The predicted octanol–water partition coefficient (Wildman–Crippen LogP) is 3.21. The van der Waals surface area contributed by atoms with Crippen LogP contribution in [0.5, 0.6) is 0 Å². The van der Waals surface area contributed by atoms with Crippen LogP contribution in [0, 0.1) is 6.92 Å². The molecule has 3 heteroatoms. The number of aromatic amines is 1. The summed E-state index contributed by atoms with van der Waals surface area (Å²) in [6.45, 7) is 2.02. The van der Waals surface area contributed by atoms with Crippen molar-refractivity contribution in [3.63, 3.8) is 0 Å². The Balaban J connectivity index is 1.85. The lowest BCUT2D eigenvalue weighted by Gasteiger charge is -2.26. The Morgan fingerprint density at radius 3 is 3.06 bits per heavy atom. The largest absolute Gasteiger partial charge is 0.349 e. The molecule has 1 aliphatic rings. The van der Waals surface area contributed by atoms with E-state index >= 15 is 0 Å². The van der Waals surface area contributed by atoms with Crippen molar-refractivity contribution in [1.82, 2.24) is 9.97 Å². The Kier molecular flexibility index (Phi) is 2.59. The summed E-state index contributed by atoms with van der Waals surface area (Å²) in [7, 11) is 0. The summed E-state index contributed by atoms with van der Waals surface area (Å²) < 4.78 is 0. The number of H-pyrrole nitrogens is 1. The van der Waals surface area contributed by atoms with Crippen LogP contribution in [-0.2, 0) is 6.42 Å². The maximum absolute atomic E-state index is 4.32. The van der Waals surface area contributed by atoms with E-state index in [1.807, 2.05) is 13.1 Å². The van der Waals surface area contributed by atoms with Crippen LogP contribution < -0.4 is 5.32 Å². The molecule has 88 valence electrons. The van der Waals surface area contributed by atoms with E-state index < -0.39 is 0 Å². The van der Waals surface area contributed by atoms with Crippen molar-refractivity contribution in [3.05, 3.63) is 47.3 Å². The molecule has 2 N–H and O–H groups in total. The van der Waals surface area contributed by atoms with E-state index in [4.69, 9.17) is 0 Å². The lowest BCUT2D eigenvalue weighted by atomic mass is 9.88. The Morgan fingerprint density at radius 1 is 1.35 bits per heavy atom. The van der Waals surface area contributed by atoms with Crippen LogP contribution in [0.25, 0.3) is 0 Å². The minimum Gasteiger partial charge on any atom is -0.349 e. The van der Waals surface area contributed by atoms with Crippen molar-refractivity contribution >= 4 is 5.95 Å². The first-order chi connectivity index (χ1) is 8.33. The van der Waals surface area contributed by atoms with Crippen LogP contribution in [0.1, 0.15) is 35.7 Å². The Hall–Kier alpha value is -1.77. The molecular formula is C14H17N3. The van der Waals surface area contributed by atoms with Gasteiger partial charge >= 0.3 is 0 Å². The highest BCUT2D eigenvalue weighted by molar-refractivity contribution is 5.38. The molecule has 0 saturated heterocycles. The smallest absolute Gasteiger partial charge is 0.200 e. The number of hydrogen-bond acceptors (Lipinski definition) is 2. The normalized spacial score (nSPS) is 18.8. The zero-order chi connectivity index (χ0) is 11.7. The molecule has 1 aromatic heterocycles. The molecule has 1 aromatic carbocycles. The number of nitrogens with one attached hydrogen (secondary N) is 2. The van der Waals surface area contributed by atoms with Gasteiger partial charge in [-0.25, -0.2) is 4.98 Å². The van der Waals surface area contributed by atoms with Gasteiger partial charge in [0.15, 0.2) is 0 Å². The molecule has 0 saturated carbocycles. The Labute approximate surface area is 101 Å². The number of imidazole rings is 1. The molecule has 1 atom stereocenters. The first kappa shape index (κ1) is 10.4. The number of anilines is 1. The molecule has 3 nitrogen and oxygen atoms in total. The average molecular weight is 227 g/mol. The zero-order valence-electron chi connectivity index (χ0n) is 10.0. The number of benzene rings is 1. The minimum absolute atomic E-state index is 0.394. The molecule has 1 aliphatic carbocycles. The molecule has 3 rings (SSSR count). The maximum Gasteiger partial charge on any atom is 0.200 e. The SMILES string of the molecule is Cc1cnc(NC2CCCc3ccccc32)[nH]1. The van der Waals surface area contributed by atoms with Gasteiger partial charge in [-0.15, -0.1) is 0 Å². The van der Waals surface area contributed by atoms with Gasteiger partial charge in [0.2, 0.25) is 5.95 Å². The van der Waals surface area contributed by atoms with Gasteiger partial charge in [-0.3, -0.25) is 0 Å². The van der Waals surface area contributed by atoms with Gasteiger partial charge in [0, 0.05) is 11.9 Å². The fourth-order valence-corrected chi connectivity index (χ4v) is 2.55. The molecule has 0 amide bonds. The molecule has 0 fully saturated rings. The van der Waals surface area contributed by atoms with Crippen molar-refractivity contribution in [2.45, 2.75) is 32.2 Å². The van der Waals surface area contributed by atoms with Gasteiger partial charge in [0.25, 0.3) is 0 Å². The van der Waals surface area contributed by atoms with Gasteiger partial charge < -0.3 is 10.3 Å². The van der Waals surface area contributed by atoms with Crippen molar-refractivity contribution in [1.29, 1.82) is 0 Å². The molecule has 0 bridgehead atoms. The number of nitrogens with zero attached hydrogens (tertiary/aromatic N) is 1. The highest BCUT2D eigenvalue weighted by Gasteiger charge is 2.19. The molecule has 1 unspecified atom stereocenters. The second-order valence-corrected chi connectivity index (χ2v) is 4.70. The molecule has 0 radical (unpaired) electrons. The van der Waals surface area contributed by atoms with Gasteiger partial charge in [-0.1, -0.05) is 24.3 Å². The van der Waals surface area contributed by atoms with Crippen LogP contribution in [0.2, 0.25) is 0 Å². The quantitative estimate of drug-likeness (QED) is 0.827. The van der Waals surface area contributed by atoms with Gasteiger partial charge in [-0.05, 0) is 37.3 Å². The maximum atomic E-state index is 4.32. The average Bonchev–Trinajstić information content (AvgIpc) is 2.75. The zero-order valence-corrected chi connectivity index (χ0v) is 10.0. The third-order valence-corrected chi connectivity index (χ3v) is 3.38. The topological polar surface area (TPSA) is 40.7 Å². The second-order valence-electron chi connectivity index (χ2n) is 4.70. The van der Waals surface area contributed by atoms with Crippen LogP contribution in [0.3, 0.4) is 0 Å². The molecule has 2 aromatic rings. The monoisotopic (exact) mass is 227 g/mol. The van der Waals surface area contributed by atoms with Crippen LogP contribution >= 0.6 is 0 Å². The van der Waals surface area contributed by atoms with Crippen LogP contribution in [0.4, 0.5) is 5.95 Å². The minimum atomic E-state index is 0.394. The third kappa shape index (κ3) is 2.05. The fraction of sp³-hybridized carbons (Fsp3) is 0.357. The molecule has 1 heterocycles. The number of hydrogen-bond donors (Lipinski definition) is 2. The second kappa shape index (κ2) is 4.24. The molecule has 0 spiro atoms. The first-order valence-corrected chi connectivity index (χ1v) is 6.19. The summed E-state index contributed by atoms with van der Waals surface area (Å²) in [5, 5.41) is 3.49. The summed E-state index contributed by atoms with van der Waals surface area (Å²) in [4.78, 5) is 7.55. The van der Waals surface area contributed by atoms with Gasteiger partial charge in [-0.2, -0.15) is 0 Å². The highest BCUT2D eigenvalue weighted by Crippen LogP contribution is 2.31. The van der Waals surface area contributed by atoms with Gasteiger partial charge in [0.05, 0.1) is 6.04 Å². The predicted molar refractivity (Wildman–Crippen MR) is 69.1 cm³/mol. The van der Waals surface area contributed by atoms with E-state index in [1.165, 1.54) is 30.4 Å². The number of aromatic nitrogens is 2. The lowest BCUT2D eigenvalue weighted by Crippen LogP contribution is -2.17. The fourth-order valence-electron chi connectivity index (χ4n) is 2.55. The number of aryl methyl sites for hydroxylation is 2. The first-order valence-electron chi connectivity index (χ1n) is 6.19. The van der Waals surface area contributed by atoms with Crippen molar-refractivity contribution in [2.75, 3.05) is 5.32 Å². The van der Waals surface area contributed by atoms with E-state index in [0.29, 0.717) is 6.04 Å². The van der Waals surface area contributed by atoms with Crippen molar-refractivity contribution < 1.29 is 0 Å². The third-order valence-electron chi connectivity index (χ3n) is 3.38. The van der Waals surface area contributed by atoms with Gasteiger partial charge in [0.1, 0.15) is 0 Å². The summed E-state index contributed by atoms with van der Waals surface area (Å²) in [6, 6.07) is 9.09.